The first-order valence-corrected chi connectivity index (χ1v) is 6.06. The maximum atomic E-state index is 13.3. The Morgan fingerprint density at radius 1 is 1.47 bits per heavy atom. The average Bonchev–Trinajstić information content (AvgIpc) is 2.72. The van der Waals surface area contributed by atoms with Crippen molar-refractivity contribution in [2.75, 3.05) is 7.05 Å². The van der Waals surface area contributed by atoms with E-state index in [4.69, 9.17) is 0 Å². The number of rotatable bonds is 3. The highest BCUT2D eigenvalue weighted by Gasteiger charge is 2.08. The van der Waals surface area contributed by atoms with Gasteiger partial charge >= 0.3 is 0 Å². The lowest BCUT2D eigenvalue weighted by atomic mass is 10.2. The number of halogens is 2. The Balaban J connectivity index is 2.41. The summed E-state index contributed by atoms with van der Waals surface area (Å²) in [5, 5.41) is 7.45. The normalized spacial score (nSPS) is 10.8. The zero-order chi connectivity index (χ0) is 12.4. The monoisotopic (exact) mass is 297 g/mol. The van der Waals surface area contributed by atoms with Crippen molar-refractivity contribution in [2.24, 2.45) is 0 Å². The van der Waals surface area contributed by atoms with Crippen molar-refractivity contribution in [3.8, 4) is 5.69 Å². The Morgan fingerprint density at radius 2 is 2.24 bits per heavy atom. The number of nitrogens with zero attached hydrogens (tertiary/aromatic N) is 2. The number of aryl methyl sites for hydroxylation is 1. The first kappa shape index (κ1) is 12.3. The van der Waals surface area contributed by atoms with Crippen LogP contribution in [-0.2, 0) is 6.54 Å². The summed E-state index contributed by atoms with van der Waals surface area (Å²) in [5.41, 5.74) is 2.68. The molecule has 1 aromatic heterocycles. The highest BCUT2D eigenvalue weighted by Crippen LogP contribution is 2.23. The second-order valence-electron chi connectivity index (χ2n) is 3.83. The SMILES string of the molecule is CNCc1ccn(-c2cc(Br)c(F)cc2C)n1. The van der Waals surface area contributed by atoms with Crippen LogP contribution in [0.5, 0.6) is 0 Å². The van der Waals surface area contributed by atoms with Gasteiger partial charge in [0, 0.05) is 12.7 Å². The fraction of sp³-hybridized carbons (Fsp3) is 0.250. The molecule has 0 aliphatic rings. The van der Waals surface area contributed by atoms with Gasteiger partial charge in [0.25, 0.3) is 0 Å². The van der Waals surface area contributed by atoms with Crippen LogP contribution in [0, 0.1) is 12.7 Å². The molecule has 0 aliphatic heterocycles. The molecule has 2 rings (SSSR count). The molecule has 1 N–H and O–H groups in total. The Bertz CT molecular complexity index is 537. The largest absolute Gasteiger partial charge is 0.314 e. The molecule has 90 valence electrons. The van der Waals surface area contributed by atoms with Gasteiger partial charge in [-0.25, -0.2) is 9.07 Å². The van der Waals surface area contributed by atoms with Crippen molar-refractivity contribution in [3.05, 3.63) is 45.9 Å². The molecule has 17 heavy (non-hydrogen) atoms. The van der Waals surface area contributed by atoms with Crippen LogP contribution >= 0.6 is 15.9 Å². The minimum absolute atomic E-state index is 0.256. The van der Waals surface area contributed by atoms with E-state index in [1.807, 2.05) is 26.2 Å². The van der Waals surface area contributed by atoms with E-state index < -0.39 is 0 Å². The second kappa shape index (κ2) is 4.98. The molecule has 0 saturated carbocycles. The highest BCUT2D eigenvalue weighted by atomic mass is 79.9. The van der Waals surface area contributed by atoms with Crippen LogP contribution in [0.4, 0.5) is 4.39 Å². The molecule has 5 heteroatoms. The van der Waals surface area contributed by atoms with Crippen molar-refractivity contribution in [1.29, 1.82) is 0 Å². The van der Waals surface area contributed by atoms with Crippen molar-refractivity contribution >= 4 is 15.9 Å². The lowest BCUT2D eigenvalue weighted by Crippen LogP contribution is -2.07. The van der Waals surface area contributed by atoms with Gasteiger partial charge in [0.05, 0.1) is 15.9 Å². The van der Waals surface area contributed by atoms with E-state index in [-0.39, 0.29) is 5.82 Å². The summed E-state index contributed by atoms with van der Waals surface area (Å²) in [7, 11) is 1.87. The fourth-order valence-electron chi connectivity index (χ4n) is 1.65. The molecule has 0 bridgehead atoms. The van der Waals surface area contributed by atoms with Gasteiger partial charge in [-0.15, -0.1) is 0 Å². The smallest absolute Gasteiger partial charge is 0.137 e. The molecular formula is C12H13BrFN3. The van der Waals surface area contributed by atoms with Crippen LogP contribution in [0.2, 0.25) is 0 Å². The van der Waals surface area contributed by atoms with Gasteiger partial charge in [0.1, 0.15) is 5.82 Å². The van der Waals surface area contributed by atoms with E-state index in [1.54, 1.807) is 10.7 Å². The Labute approximate surface area is 108 Å². The predicted octanol–water partition coefficient (Wildman–Crippen LogP) is 2.80. The predicted molar refractivity (Wildman–Crippen MR) is 68.7 cm³/mol. The van der Waals surface area contributed by atoms with Crippen LogP contribution < -0.4 is 5.32 Å². The van der Waals surface area contributed by atoms with E-state index in [0.29, 0.717) is 11.0 Å². The second-order valence-corrected chi connectivity index (χ2v) is 4.69. The third-order valence-corrected chi connectivity index (χ3v) is 3.10. The quantitative estimate of drug-likeness (QED) is 0.944. The maximum absolute atomic E-state index is 13.3. The molecule has 0 amide bonds. The van der Waals surface area contributed by atoms with Gasteiger partial charge in [-0.3, -0.25) is 0 Å². The van der Waals surface area contributed by atoms with Gasteiger partial charge in [-0.2, -0.15) is 5.10 Å². The van der Waals surface area contributed by atoms with Crippen LogP contribution in [-0.4, -0.2) is 16.8 Å². The summed E-state index contributed by atoms with van der Waals surface area (Å²) in [6, 6.07) is 5.17. The molecular weight excluding hydrogens is 285 g/mol. The minimum atomic E-state index is -0.256. The Hall–Kier alpha value is -1.20. The summed E-state index contributed by atoms with van der Waals surface area (Å²) in [4.78, 5) is 0. The lowest BCUT2D eigenvalue weighted by molar-refractivity contribution is 0.618. The Kier molecular flexibility index (Phi) is 3.59. The van der Waals surface area contributed by atoms with Crippen LogP contribution in [0.3, 0.4) is 0 Å². The first-order chi connectivity index (χ1) is 8.11. The van der Waals surface area contributed by atoms with Gasteiger partial charge in [0.2, 0.25) is 0 Å². The topological polar surface area (TPSA) is 29.9 Å². The number of hydrogen-bond donors (Lipinski definition) is 1. The van der Waals surface area contributed by atoms with Crippen molar-refractivity contribution in [3.63, 3.8) is 0 Å². The van der Waals surface area contributed by atoms with E-state index in [2.05, 4.69) is 26.3 Å². The van der Waals surface area contributed by atoms with Gasteiger partial charge < -0.3 is 5.32 Å². The third-order valence-electron chi connectivity index (χ3n) is 2.49. The first-order valence-electron chi connectivity index (χ1n) is 5.27. The van der Waals surface area contributed by atoms with Gasteiger partial charge in [0.15, 0.2) is 0 Å². The molecule has 1 heterocycles. The maximum Gasteiger partial charge on any atom is 0.137 e. The summed E-state index contributed by atoms with van der Waals surface area (Å²) >= 11 is 3.19. The van der Waals surface area contributed by atoms with E-state index in [0.717, 1.165) is 16.9 Å². The molecule has 0 aliphatic carbocycles. The molecule has 0 fully saturated rings. The van der Waals surface area contributed by atoms with Gasteiger partial charge in [-0.05, 0) is 53.7 Å². The fourth-order valence-corrected chi connectivity index (χ4v) is 1.99. The Morgan fingerprint density at radius 3 is 2.94 bits per heavy atom. The molecule has 0 atom stereocenters. The minimum Gasteiger partial charge on any atom is -0.314 e. The molecule has 2 aromatic rings. The zero-order valence-electron chi connectivity index (χ0n) is 9.67. The molecule has 3 nitrogen and oxygen atoms in total. The number of aromatic nitrogens is 2. The summed E-state index contributed by atoms with van der Waals surface area (Å²) in [6.45, 7) is 2.58. The van der Waals surface area contributed by atoms with E-state index >= 15 is 0 Å². The van der Waals surface area contributed by atoms with Crippen LogP contribution in [0.25, 0.3) is 5.69 Å². The lowest BCUT2D eigenvalue weighted by Gasteiger charge is -2.07. The molecule has 0 radical (unpaired) electrons. The van der Waals surface area contributed by atoms with E-state index in [9.17, 15) is 4.39 Å². The zero-order valence-corrected chi connectivity index (χ0v) is 11.3. The van der Waals surface area contributed by atoms with Crippen LogP contribution in [0.15, 0.2) is 28.9 Å². The molecule has 1 aromatic carbocycles. The third kappa shape index (κ3) is 2.56. The number of nitrogens with one attached hydrogen (secondary N) is 1. The summed E-state index contributed by atoms with van der Waals surface area (Å²) in [6.07, 6.45) is 1.87. The number of benzene rings is 1. The van der Waals surface area contributed by atoms with Crippen molar-refractivity contribution in [2.45, 2.75) is 13.5 Å². The summed E-state index contributed by atoms with van der Waals surface area (Å²) < 4.78 is 15.5. The highest BCUT2D eigenvalue weighted by molar-refractivity contribution is 9.10. The molecule has 0 unspecified atom stereocenters. The molecule has 0 saturated heterocycles. The van der Waals surface area contributed by atoms with Gasteiger partial charge in [-0.1, -0.05) is 0 Å². The van der Waals surface area contributed by atoms with E-state index in [1.165, 1.54) is 6.07 Å². The average molecular weight is 298 g/mol. The summed E-state index contributed by atoms with van der Waals surface area (Å²) in [5.74, 6) is -0.256. The number of hydrogen-bond acceptors (Lipinski definition) is 2. The van der Waals surface area contributed by atoms with Crippen LogP contribution in [0.1, 0.15) is 11.3 Å². The molecule has 0 spiro atoms. The van der Waals surface area contributed by atoms with Crippen molar-refractivity contribution < 1.29 is 4.39 Å². The van der Waals surface area contributed by atoms with Crippen molar-refractivity contribution in [1.82, 2.24) is 15.1 Å². The standard InChI is InChI=1S/C12H13BrFN3/c1-8-5-11(14)10(13)6-12(8)17-4-3-9(16-17)7-15-2/h3-6,15H,7H2,1-2H3.